The van der Waals surface area contributed by atoms with Crippen molar-refractivity contribution in [2.24, 2.45) is 14.1 Å². The van der Waals surface area contributed by atoms with Gasteiger partial charge in [0.25, 0.3) is 5.56 Å². The van der Waals surface area contributed by atoms with E-state index in [1.54, 1.807) is 7.05 Å². The van der Waals surface area contributed by atoms with Crippen LogP contribution in [0.1, 0.15) is 30.9 Å². The Morgan fingerprint density at radius 1 is 1.21 bits per heavy atom. The van der Waals surface area contributed by atoms with Crippen molar-refractivity contribution < 1.29 is 4.79 Å². The first-order valence-electron chi connectivity index (χ1n) is 7.65. The first kappa shape index (κ1) is 17.5. The van der Waals surface area contributed by atoms with Crippen molar-refractivity contribution in [2.75, 3.05) is 5.32 Å². The molecule has 0 saturated carbocycles. The topological polar surface area (TPSA) is 73.1 Å². The van der Waals surface area contributed by atoms with Crippen molar-refractivity contribution in [1.82, 2.24) is 9.13 Å². The van der Waals surface area contributed by atoms with Gasteiger partial charge in [-0.2, -0.15) is 0 Å². The van der Waals surface area contributed by atoms with Gasteiger partial charge < -0.3 is 9.88 Å². The Kier molecular flexibility index (Phi) is 5.18. The van der Waals surface area contributed by atoms with E-state index in [-0.39, 0.29) is 11.5 Å². The van der Waals surface area contributed by atoms with Crippen LogP contribution in [0.5, 0.6) is 0 Å². The van der Waals surface area contributed by atoms with Crippen LogP contribution in [0.25, 0.3) is 6.08 Å². The summed E-state index contributed by atoms with van der Waals surface area (Å²) in [5.74, 6) is 0.0258. The van der Waals surface area contributed by atoms with Crippen LogP contribution in [0, 0.1) is 0 Å². The van der Waals surface area contributed by atoms with E-state index in [1.165, 1.54) is 30.0 Å². The van der Waals surface area contributed by atoms with E-state index >= 15 is 0 Å². The fourth-order valence-electron chi connectivity index (χ4n) is 2.28. The maximum absolute atomic E-state index is 12.0. The average Bonchev–Trinajstić information content (AvgIpc) is 2.55. The zero-order valence-electron chi connectivity index (χ0n) is 14.2. The zero-order chi connectivity index (χ0) is 17.9. The van der Waals surface area contributed by atoms with Crippen LogP contribution in [0.4, 0.5) is 5.69 Å². The van der Waals surface area contributed by atoms with E-state index in [9.17, 15) is 14.4 Å². The molecule has 0 saturated heterocycles. The van der Waals surface area contributed by atoms with Crippen molar-refractivity contribution in [3.05, 3.63) is 68.5 Å². The molecule has 0 fully saturated rings. The van der Waals surface area contributed by atoms with Crippen molar-refractivity contribution >= 4 is 17.7 Å². The van der Waals surface area contributed by atoms with Gasteiger partial charge >= 0.3 is 5.69 Å². The van der Waals surface area contributed by atoms with Crippen LogP contribution in [-0.2, 0) is 18.9 Å². The highest BCUT2D eigenvalue weighted by Crippen LogP contribution is 2.18. The lowest BCUT2D eigenvalue weighted by molar-refractivity contribution is -0.111. The standard InChI is InChI=1S/C18H21N3O3/c1-12(2)13-6-5-7-15(10-13)19-16(22)9-8-14-11-20(3)18(24)21(4)17(14)23/h5-12H,1-4H3,(H,19,22)/b9-8+. The van der Waals surface area contributed by atoms with Crippen molar-refractivity contribution in [3.8, 4) is 0 Å². The summed E-state index contributed by atoms with van der Waals surface area (Å²) in [5, 5.41) is 2.76. The molecule has 0 unspecified atom stereocenters. The van der Waals surface area contributed by atoms with E-state index in [4.69, 9.17) is 0 Å². The quantitative estimate of drug-likeness (QED) is 0.871. The van der Waals surface area contributed by atoms with E-state index in [2.05, 4.69) is 19.2 Å². The van der Waals surface area contributed by atoms with Gasteiger partial charge in [0, 0.05) is 32.1 Å². The van der Waals surface area contributed by atoms with Crippen LogP contribution in [0.3, 0.4) is 0 Å². The Hall–Kier alpha value is -2.89. The minimum atomic E-state index is -0.441. The highest BCUT2D eigenvalue weighted by Gasteiger charge is 2.05. The molecule has 2 aromatic rings. The van der Waals surface area contributed by atoms with Crippen LogP contribution in [0.15, 0.2) is 46.1 Å². The molecule has 1 heterocycles. The first-order chi connectivity index (χ1) is 11.3. The lowest BCUT2D eigenvalue weighted by atomic mass is 10.0. The smallest absolute Gasteiger partial charge is 0.323 e. The van der Waals surface area contributed by atoms with Gasteiger partial charge in [-0.1, -0.05) is 26.0 Å². The van der Waals surface area contributed by atoms with Crippen LogP contribution >= 0.6 is 0 Å². The average molecular weight is 327 g/mol. The number of aromatic nitrogens is 2. The Morgan fingerprint density at radius 3 is 2.58 bits per heavy atom. The summed E-state index contributed by atoms with van der Waals surface area (Å²) in [4.78, 5) is 35.7. The minimum absolute atomic E-state index is 0.269. The highest BCUT2D eigenvalue weighted by atomic mass is 16.2. The number of benzene rings is 1. The maximum Gasteiger partial charge on any atom is 0.330 e. The van der Waals surface area contributed by atoms with E-state index in [0.29, 0.717) is 11.6 Å². The molecule has 126 valence electrons. The third-order valence-corrected chi connectivity index (χ3v) is 3.71. The normalized spacial score (nSPS) is 11.2. The molecule has 6 heteroatoms. The molecule has 24 heavy (non-hydrogen) atoms. The molecular formula is C18H21N3O3. The van der Waals surface area contributed by atoms with Gasteiger partial charge in [-0.05, 0) is 29.7 Å². The summed E-state index contributed by atoms with van der Waals surface area (Å²) in [6, 6.07) is 7.62. The van der Waals surface area contributed by atoms with Gasteiger partial charge in [0.05, 0.1) is 5.56 Å². The summed E-state index contributed by atoms with van der Waals surface area (Å²) >= 11 is 0. The molecule has 0 aliphatic rings. The lowest BCUT2D eigenvalue weighted by Gasteiger charge is -2.08. The number of carbonyl (C=O) groups excluding carboxylic acids is 1. The molecule has 6 nitrogen and oxygen atoms in total. The zero-order valence-corrected chi connectivity index (χ0v) is 14.2. The number of carbonyl (C=O) groups is 1. The molecule has 0 aliphatic carbocycles. The van der Waals surface area contributed by atoms with Gasteiger partial charge in [0.15, 0.2) is 0 Å². The van der Waals surface area contributed by atoms with Crippen molar-refractivity contribution in [3.63, 3.8) is 0 Å². The minimum Gasteiger partial charge on any atom is -0.323 e. The van der Waals surface area contributed by atoms with Crippen LogP contribution < -0.4 is 16.6 Å². The monoisotopic (exact) mass is 327 g/mol. The second-order valence-corrected chi connectivity index (χ2v) is 5.94. The summed E-state index contributed by atoms with van der Waals surface area (Å²) in [6.07, 6.45) is 4.10. The third-order valence-electron chi connectivity index (χ3n) is 3.71. The summed E-state index contributed by atoms with van der Waals surface area (Å²) < 4.78 is 2.30. The van der Waals surface area contributed by atoms with Gasteiger partial charge in [0.2, 0.25) is 5.91 Å². The predicted molar refractivity (Wildman–Crippen MR) is 95.1 cm³/mol. The SMILES string of the molecule is CC(C)c1cccc(NC(=O)/C=C/c2cn(C)c(=O)n(C)c2=O)c1. The highest BCUT2D eigenvalue weighted by molar-refractivity contribution is 6.01. The van der Waals surface area contributed by atoms with Crippen LogP contribution in [-0.4, -0.2) is 15.0 Å². The largest absolute Gasteiger partial charge is 0.330 e. The second-order valence-electron chi connectivity index (χ2n) is 5.94. The number of amides is 1. The molecule has 0 bridgehead atoms. The molecule has 0 radical (unpaired) electrons. The summed E-state index contributed by atoms with van der Waals surface area (Å²) in [5.41, 5.74) is 1.25. The molecule has 1 aromatic carbocycles. The number of nitrogens with one attached hydrogen (secondary N) is 1. The second kappa shape index (κ2) is 7.12. The van der Waals surface area contributed by atoms with E-state index in [0.717, 1.165) is 10.1 Å². The molecule has 2 rings (SSSR count). The molecule has 1 N–H and O–H groups in total. The fraction of sp³-hybridized carbons (Fsp3) is 0.278. The fourth-order valence-corrected chi connectivity index (χ4v) is 2.28. The molecule has 1 amide bonds. The summed E-state index contributed by atoms with van der Waals surface area (Å²) in [7, 11) is 2.95. The molecular weight excluding hydrogens is 306 g/mol. The molecule has 0 aliphatic heterocycles. The third kappa shape index (κ3) is 3.90. The number of hydrogen-bond acceptors (Lipinski definition) is 3. The first-order valence-corrected chi connectivity index (χ1v) is 7.65. The van der Waals surface area contributed by atoms with Crippen LogP contribution in [0.2, 0.25) is 0 Å². The Morgan fingerprint density at radius 2 is 1.92 bits per heavy atom. The Balaban J connectivity index is 2.19. The van der Waals surface area contributed by atoms with Crippen molar-refractivity contribution in [1.29, 1.82) is 0 Å². The molecule has 0 atom stereocenters. The Bertz CT molecular complexity index is 904. The number of rotatable bonds is 4. The number of hydrogen-bond donors (Lipinski definition) is 1. The summed E-state index contributed by atoms with van der Waals surface area (Å²) in [6.45, 7) is 4.16. The molecule has 0 spiro atoms. The van der Waals surface area contributed by atoms with Gasteiger partial charge in [-0.3, -0.25) is 14.2 Å². The van der Waals surface area contributed by atoms with E-state index in [1.807, 2.05) is 24.3 Å². The van der Waals surface area contributed by atoms with Gasteiger partial charge in [-0.15, -0.1) is 0 Å². The number of anilines is 1. The number of nitrogens with zero attached hydrogens (tertiary/aromatic N) is 2. The van der Waals surface area contributed by atoms with E-state index < -0.39 is 11.2 Å². The Labute approximate surface area is 140 Å². The van der Waals surface area contributed by atoms with Gasteiger partial charge in [-0.25, -0.2) is 4.79 Å². The number of aryl methyl sites for hydroxylation is 1. The lowest BCUT2D eigenvalue weighted by Crippen LogP contribution is -2.37. The maximum atomic E-state index is 12.0. The van der Waals surface area contributed by atoms with Gasteiger partial charge in [0.1, 0.15) is 0 Å². The molecule has 1 aromatic heterocycles. The predicted octanol–water partition coefficient (Wildman–Crippen LogP) is 1.86. The van der Waals surface area contributed by atoms with Crippen molar-refractivity contribution in [2.45, 2.75) is 19.8 Å².